The summed E-state index contributed by atoms with van der Waals surface area (Å²) in [7, 11) is 1.64. The number of carbonyl (C=O) groups is 1. The maximum Gasteiger partial charge on any atom is 0.232 e. The van der Waals surface area contributed by atoms with Crippen molar-refractivity contribution in [1.82, 2.24) is 5.32 Å². The highest BCUT2D eigenvalue weighted by atomic mass is 16.5. The Morgan fingerprint density at radius 1 is 1.10 bits per heavy atom. The van der Waals surface area contributed by atoms with Crippen LogP contribution in [0.15, 0.2) is 66.7 Å². The minimum Gasteiger partial charge on any atom is -0.497 e. The predicted molar refractivity (Wildman–Crippen MR) is 118 cm³/mol. The zero-order valence-corrected chi connectivity index (χ0v) is 17.4. The van der Waals surface area contributed by atoms with Gasteiger partial charge in [-0.2, -0.15) is 0 Å². The highest BCUT2D eigenvalue weighted by molar-refractivity contribution is 5.89. The lowest BCUT2D eigenvalue weighted by molar-refractivity contribution is -0.123. The Balaban J connectivity index is 1.42. The first kappa shape index (κ1) is 19.6. The molecule has 1 aliphatic carbocycles. The van der Waals surface area contributed by atoms with Gasteiger partial charge in [-0.3, -0.25) is 4.79 Å². The van der Waals surface area contributed by atoms with Gasteiger partial charge in [0.15, 0.2) is 0 Å². The molecule has 1 aliphatic heterocycles. The van der Waals surface area contributed by atoms with Crippen LogP contribution in [0.5, 0.6) is 17.2 Å². The molecule has 3 aromatic carbocycles. The summed E-state index contributed by atoms with van der Waals surface area (Å²) in [6.07, 6.45) is 2.35. The van der Waals surface area contributed by atoms with Crippen molar-refractivity contribution in [2.24, 2.45) is 0 Å². The number of methoxy groups -OCH3 is 1. The number of amides is 1. The number of para-hydroxylation sites is 2. The highest BCUT2D eigenvalue weighted by Gasteiger charge is 2.37. The summed E-state index contributed by atoms with van der Waals surface area (Å²) in [5, 5.41) is 14.5. The van der Waals surface area contributed by atoms with E-state index in [1.807, 2.05) is 66.7 Å². The average molecular weight is 415 g/mol. The largest absolute Gasteiger partial charge is 0.497 e. The Morgan fingerprint density at radius 2 is 1.77 bits per heavy atom. The summed E-state index contributed by atoms with van der Waals surface area (Å²) < 4.78 is 11.3. The standard InChI is InChI=1S/C26H25NO4/c1-30-18-12-13-21-17(15-18)7-6-14-26(21,29)16-27-25(28)24-19-8-2-4-10-22(19)31-23-11-5-3-9-20(23)24/h2-5,8-13,15,24,29H,6-7,14,16H2,1H3,(H,27,28). The molecule has 3 aromatic rings. The molecule has 158 valence electrons. The van der Waals surface area contributed by atoms with E-state index >= 15 is 0 Å². The van der Waals surface area contributed by atoms with Crippen LogP contribution in [0, 0.1) is 0 Å². The molecule has 0 saturated carbocycles. The van der Waals surface area contributed by atoms with E-state index in [9.17, 15) is 9.90 Å². The molecule has 1 unspecified atom stereocenters. The van der Waals surface area contributed by atoms with Crippen molar-refractivity contribution in [1.29, 1.82) is 0 Å². The number of benzene rings is 3. The molecule has 31 heavy (non-hydrogen) atoms. The lowest BCUT2D eigenvalue weighted by Crippen LogP contribution is -2.44. The molecular weight excluding hydrogens is 390 g/mol. The number of hydrogen-bond donors (Lipinski definition) is 2. The monoisotopic (exact) mass is 415 g/mol. The molecule has 1 atom stereocenters. The molecule has 1 heterocycles. The third kappa shape index (κ3) is 3.45. The number of rotatable bonds is 4. The number of nitrogens with one attached hydrogen (secondary N) is 1. The third-order valence-electron chi connectivity index (χ3n) is 6.35. The number of hydrogen-bond acceptors (Lipinski definition) is 4. The van der Waals surface area contributed by atoms with E-state index in [-0.39, 0.29) is 12.5 Å². The van der Waals surface area contributed by atoms with Gasteiger partial charge in [-0.25, -0.2) is 0 Å². The summed E-state index contributed by atoms with van der Waals surface area (Å²) in [4.78, 5) is 13.4. The molecule has 2 N–H and O–H groups in total. The van der Waals surface area contributed by atoms with Crippen LogP contribution in [0.4, 0.5) is 0 Å². The maximum absolute atomic E-state index is 13.4. The van der Waals surface area contributed by atoms with Crippen molar-refractivity contribution >= 4 is 5.91 Å². The van der Waals surface area contributed by atoms with Gasteiger partial charge in [0, 0.05) is 11.1 Å². The van der Waals surface area contributed by atoms with Gasteiger partial charge in [0.05, 0.1) is 19.6 Å². The van der Waals surface area contributed by atoms with Crippen molar-refractivity contribution in [2.75, 3.05) is 13.7 Å². The Labute approximate surface area is 181 Å². The Morgan fingerprint density at radius 3 is 2.45 bits per heavy atom. The summed E-state index contributed by atoms with van der Waals surface area (Å²) in [6, 6.07) is 21.0. The zero-order chi connectivity index (χ0) is 21.4. The van der Waals surface area contributed by atoms with Gasteiger partial charge in [0.1, 0.15) is 22.8 Å². The molecular formula is C26H25NO4. The fourth-order valence-corrected chi connectivity index (χ4v) is 4.78. The van der Waals surface area contributed by atoms with Gasteiger partial charge >= 0.3 is 0 Å². The van der Waals surface area contributed by atoms with Crippen molar-refractivity contribution in [3.63, 3.8) is 0 Å². The molecule has 0 saturated heterocycles. The van der Waals surface area contributed by atoms with Gasteiger partial charge < -0.3 is 19.9 Å². The maximum atomic E-state index is 13.4. The van der Waals surface area contributed by atoms with E-state index in [2.05, 4.69) is 5.32 Å². The normalized spacial score (nSPS) is 19.4. The van der Waals surface area contributed by atoms with Crippen molar-refractivity contribution in [3.05, 3.63) is 89.0 Å². The van der Waals surface area contributed by atoms with Crippen LogP contribution in [0.1, 0.15) is 41.0 Å². The Kier molecular flexibility index (Phi) is 4.91. The predicted octanol–water partition coefficient (Wildman–Crippen LogP) is 4.27. The van der Waals surface area contributed by atoms with E-state index < -0.39 is 11.5 Å². The molecule has 5 nitrogen and oxygen atoms in total. The molecule has 0 spiro atoms. The van der Waals surface area contributed by atoms with Crippen LogP contribution in [-0.2, 0) is 16.8 Å². The van der Waals surface area contributed by atoms with Crippen molar-refractivity contribution < 1.29 is 19.4 Å². The third-order valence-corrected chi connectivity index (χ3v) is 6.35. The number of carbonyl (C=O) groups excluding carboxylic acids is 1. The molecule has 0 radical (unpaired) electrons. The van der Waals surface area contributed by atoms with Crippen LogP contribution >= 0.6 is 0 Å². The quantitative estimate of drug-likeness (QED) is 0.668. The second kappa shape index (κ2) is 7.75. The van der Waals surface area contributed by atoms with Crippen LogP contribution in [0.2, 0.25) is 0 Å². The molecule has 5 heteroatoms. The number of ether oxygens (including phenoxy) is 2. The molecule has 0 fully saturated rings. The topological polar surface area (TPSA) is 67.8 Å². The van der Waals surface area contributed by atoms with E-state index in [4.69, 9.17) is 9.47 Å². The number of fused-ring (bicyclic) bond motifs is 3. The first-order chi connectivity index (χ1) is 15.1. The lowest BCUT2D eigenvalue weighted by atomic mass is 9.78. The minimum absolute atomic E-state index is 0.141. The molecule has 1 amide bonds. The van der Waals surface area contributed by atoms with Gasteiger partial charge in [0.2, 0.25) is 5.91 Å². The van der Waals surface area contributed by atoms with Crippen LogP contribution < -0.4 is 14.8 Å². The number of aliphatic hydroxyl groups is 1. The SMILES string of the molecule is COc1ccc2c(c1)CCCC2(O)CNC(=O)C1c2ccccc2Oc2ccccc21. The molecule has 0 bridgehead atoms. The minimum atomic E-state index is -1.10. The van der Waals surface area contributed by atoms with Gasteiger partial charge in [-0.1, -0.05) is 42.5 Å². The number of aryl methyl sites for hydroxylation is 1. The van der Waals surface area contributed by atoms with E-state index in [1.165, 1.54) is 0 Å². The van der Waals surface area contributed by atoms with Gasteiger partial charge in [0.25, 0.3) is 0 Å². The van der Waals surface area contributed by atoms with Crippen LogP contribution in [-0.4, -0.2) is 24.7 Å². The van der Waals surface area contributed by atoms with Gasteiger partial charge in [-0.05, 0) is 54.7 Å². The van der Waals surface area contributed by atoms with Crippen LogP contribution in [0.3, 0.4) is 0 Å². The lowest BCUT2D eigenvalue weighted by Gasteiger charge is -2.35. The van der Waals surface area contributed by atoms with Crippen molar-refractivity contribution in [2.45, 2.75) is 30.8 Å². The smallest absolute Gasteiger partial charge is 0.232 e. The van der Waals surface area contributed by atoms with Crippen LogP contribution in [0.25, 0.3) is 0 Å². The summed E-state index contributed by atoms with van der Waals surface area (Å²) in [5.74, 6) is 1.54. The van der Waals surface area contributed by atoms with E-state index in [0.29, 0.717) is 17.9 Å². The summed E-state index contributed by atoms with van der Waals surface area (Å²) >= 11 is 0. The molecule has 2 aliphatic rings. The Bertz CT molecular complexity index is 1100. The fourth-order valence-electron chi connectivity index (χ4n) is 4.78. The van der Waals surface area contributed by atoms with E-state index in [0.717, 1.165) is 40.8 Å². The summed E-state index contributed by atoms with van der Waals surface area (Å²) in [6.45, 7) is 0.160. The second-order valence-corrected chi connectivity index (χ2v) is 8.24. The Hall–Kier alpha value is -3.31. The fraction of sp³-hybridized carbons (Fsp3) is 0.269. The molecule has 5 rings (SSSR count). The molecule has 0 aromatic heterocycles. The first-order valence-electron chi connectivity index (χ1n) is 10.6. The first-order valence-corrected chi connectivity index (χ1v) is 10.6. The van der Waals surface area contributed by atoms with Gasteiger partial charge in [-0.15, -0.1) is 0 Å². The van der Waals surface area contributed by atoms with Crippen molar-refractivity contribution in [3.8, 4) is 17.2 Å². The highest BCUT2D eigenvalue weighted by Crippen LogP contribution is 2.44. The average Bonchev–Trinajstić information content (AvgIpc) is 2.81. The summed E-state index contributed by atoms with van der Waals surface area (Å²) in [5.41, 5.74) is 2.51. The van der Waals surface area contributed by atoms with E-state index in [1.54, 1.807) is 7.11 Å². The second-order valence-electron chi connectivity index (χ2n) is 8.24. The zero-order valence-electron chi connectivity index (χ0n) is 17.4.